The van der Waals surface area contributed by atoms with Crippen molar-refractivity contribution in [3.8, 4) is 0 Å². The number of rotatable bonds is 5. The molecule has 3 aliphatic carbocycles. The molecule has 0 aromatic carbocycles. The molecule has 0 saturated heterocycles. The van der Waals surface area contributed by atoms with Crippen LogP contribution in [0.1, 0.15) is 58.3 Å². The fourth-order valence-electron chi connectivity index (χ4n) is 4.42. The summed E-state index contributed by atoms with van der Waals surface area (Å²) in [4.78, 5) is 12.1. The maximum atomic E-state index is 12.1. The first kappa shape index (κ1) is 14.1. The first-order chi connectivity index (χ1) is 9.62. The van der Waals surface area contributed by atoms with Gasteiger partial charge in [-0.05, 0) is 62.7 Å². The van der Waals surface area contributed by atoms with Crippen LogP contribution in [0.4, 0.5) is 0 Å². The summed E-state index contributed by atoms with van der Waals surface area (Å²) in [6, 6.07) is 0. The standard InChI is InChI=1S/C17H26O3/c1-2-17(7-3-4-8-17)20-16(19)11-15(18)14-10-12-5-6-13(14)9-12/h5-6,12-15,18H,2-4,7-11H2,1H3/t12-,13+,14?,15?/m0/s1. The maximum absolute atomic E-state index is 12.1. The van der Waals surface area contributed by atoms with E-state index in [4.69, 9.17) is 4.74 Å². The van der Waals surface area contributed by atoms with Crippen LogP contribution in [0.25, 0.3) is 0 Å². The summed E-state index contributed by atoms with van der Waals surface area (Å²) in [6.45, 7) is 2.09. The highest BCUT2D eigenvalue weighted by atomic mass is 16.6. The van der Waals surface area contributed by atoms with E-state index < -0.39 is 6.10 Å². The van der Waals surface area contributed by atoms with E-state index in [1.54, 1.807) is 0 Å². The number of hydrogen-bond acceptors (Lipinski definition) is 3. The van der Waals surface area contributed by atoms with Gasteiger partial charge in [-0.3, -0.25) is 4.79 Å². The molecule has 2 bridgehead atoms. The molecule has 2 unspecified atom stereocenters. The van der Waals surface area contributed by atoms with Gasteiger partial charge in [-0.1, -0.05) is 19.1 Å². The highest BCUT2D eigenvalue weighted by Crippen LogP contribution is 2.45. The molecule has 20 heavy (non-hydrogen) atoms. The predicted molar refractivity (Wildman–Crippen MR) is 77.0 cm³/mol. The Bertz CT molecular complexity index is 395. The van der Waals surface area contributed by atoms with Crippen molar-refractivity contribution in [2.45, 2.75) is 70.0 Å². The SMILES string of the molecule is CCC1(OC(=O)CC(O)C2C[C@H]3C=C[C@@H]2C3)CCCC1. The molecule has 0 aromatic heterocycles. The number of aliphatic hydroxyl groups is 1. The van der Waals surface area contributed by atoms with Crippen molar-refractivity contribution in [2.24, 2.45) is 17.8 Å². The van der Waals surface area contributed by atoms with Crippen molar-refractivity contribution in [1.29, 1.82) is 0 Å². The van der Waals surface area contributed by atoms with Crippen LogP contribution in [0.3, 0.4) is 0 Å². The zero-order valence-corrected chi connectivity index (χ0v) is 12.4. The van der Waals surface area contributed by atoms with Gasteiger partial charge in [-0.2, -0.15) is 0 Å². The second-order valence-electron chi connectivity index (χ2n) is 6.93. The zero-order chi connectivity index (χ0) is 14.2. The number of carbonyl (C=O) groups is 1. The van der Waals surface area contributed by atoms with E-state index in [2.05, 4.69) is 19.1 Å². The molecule has 4 atom stereocenters. The summed E-state index contributed by atoms with van der Waals surface area (Å²) in [7, 11) is 0. The topological polar surface area (TPSA) is 46.5 Å². The van der Waals surface area contributed by atoms with Crippen LogP contribution >= 0.6 is 0 Å². The van der Waals surface area contributed by atoms with Crippen molar-refractivity contribution >= 4 is 5.97 Å². The van der Waals surface area contributed by atoms with Crippen LogP contribution in [0.5, 0.6) is 0 Å². The number of esters is 1. The molecule has 3 rings (SSSR count). The molecule has 0 aromatic rings. The molecule has 0 heterocycles. The first-order valence-corrected chi connectivity index (χ1v) is 8.20. The van der Waals surface area contributed by atoms with Gasteiger partial charge in [0.2, 0.25) is 0 Å². The van der Waals surface area contributed by atoms with E-state index in [0.717, 1.165) is 44.9 Å². The van der Waals surface area contributed by atoms with Gasteiger partial charge in [0.15, 0.2) is 0 Å². The average Bonchev–Trinajstić information content (AvgIpc) is 3.14. The monoisotopic (exact) mass is 278 g/mol. The minimum Gasteiger partial charge on any atom is -0.459 e. The molecular weight excluding hydrogens is 252 g/mol. The normalized spacial score (nSPS) is 35.4. The third-order valence-corrected chi connectivity index (χ3v) is 5.69. The fraction of sp³-hybridized carbons (Fsp3) is 0.824. The van der Waals surface area contributed by atoms with E-state index in [1.807, 2.05) is 0 Å². The van der Waals surface area contributed by atoms with Gasteiger partial charge in [-0.15, -0.1) is 0 Å². The van der Waals surface area contributed by atoms with Gasteiger partial charge < -0.3 is 9.84 Å². The summed E-state index contributed by atoms with van der Waals surface area (Å²) in [5.74, 6) is 1.17. The Kier molecular flexibility index (Phi) is 3.89. The molecule has 3 heteroatoms. The number of carbonyl (C=O) groups excluding carboxylic acids is 1. The van der Waals surface area contributed by atoms with Crippen molar-refractivity contribution in [3.63, 3.8) is 0 Å². The molecule has 0 spiro atoms. The summed E-state index contributed by atoms with van der Waals surface area (Å²) in [5, 5.41) is 10.3. The maximum Gasteiger partial charge on any atom is 0.308 e. The number of aliphatic hydroxyl groups excluding tert-OH is 1. The fourth-order valence-corrected chi connectivity index (χ4v) is 4.42. The van der Waals surface area contributed by atoms with Crippen molar-refractivity contribution in [2.75, 3.05) is 0 Å². The molecule has 3 aliphatic rings. The Morgan fingerprint density at radius 2 is 2.10 bits per heavy atom. The quantitative estimate of drug-likeness (QED) is 0.620. The van der Waals surface area contributed by atoms with E-state index >= 15 is 0 Å². The molecular formula is C17H26O3. The van der Waals surface area contributed by atoms with Gasteiger partial charge >= 0.3 is 5.97 Å². The van der Waals surface area contributed by atoms with Crippen molar-refractivity contribution < 1.29 is 14.6 Å². The van der Waals surface area contributed by atoms with Gasteiger partial charge in [0, 0.05) is 0 Å². The summed E-state index contributed by atoms with van der Waals surface area (Å²) in [5.41, 5.74) is -0.231. The van der Waals surface area contributed by atoms with Gasteiger partial charge in [0.05, 0.1) is 12.5 Å². The lowest BCUT2D eigenvalue weighted by atomic mass is 9.87. The predicted octanol–water partition coefficient (Wildman–Crippen LogP) is 3.22. The van der Waals surface area contributed by atoms with Crippen LogP contribution in [-0.2, 0) is 9.53 Å². The lowest BCUT2D eigenvalue weighted by Gasteiger charge is -2.29. The summed E-state index contributed by atoms with van der Waals surface area (Å²) in [6.07, 6.45) is 11.5. The molecule has 3 nitrogen and oxygen atoms in total. The highest BCUT2D eigenvalue weighted by molar-refractivity contribution is 5.70. The Balaban J connectivity index is 1.52. The third-order valence-electron chi connectivity index (χ3n) is 5.69. The minimum absolute atomic E-state index is 0.170. The molecule has 2 saturated carbocycles. The largest absolute Gasteiger partial charge is 0.459 e. The lowest BCUT2D eigenvalue weighted by molar-refractivity contribution is -0.162. The Labute approximate surface area is 121 Å². The summed E-state index contributed by atoms with van der Waals surface area (Å²) < 4.78 is 5.74. The summed E-state index contributed by atoms with van der Waals surface area (Å²) >= 11 is 0. The third kappa shape index (κ3) is 2.65. The van der Waals surface area contributed by atoms with Crippen LogP contribution in [0.15, 0.2) is 12.2 Å². The number of fused-ring (bicyclic) bond motifs is 2. The molecule has 0 aliphatic heterocycles. The first-order valence-electron chi connectivity index (χ1n) is 8.20. The second-order valence-corrected chi connectivity index (χ2v) is 6.93. The number of allylic oxidation sites excluding steroid dienone is 2. The molecule has 112 valence electrons. The van der Waals surface area contributed by atoms with E-state index in [-0.39, 0.29) is 23.9 Å². The van der Waals surface area contributed by atoms with Crippen molar-refractivity contribution in [3.05, 3.63) is 12.2 Å². The van der Waals surface area contributed by atoms with Crippen LogP contribution < -0.4 is 0 Å². The van der Waals surface area contributed by atoms with Crippen molar-refractivity contribution in [1.82, 2.24) is 0 Å². The average molecular weight is 278 g/mol. The Morgan fingerprint density at radius 3 is 2.65 bits per heavy atom. The van der Waals surface area contributed by atoms with E-state index in [9.17, 15) is 9.90 Å². The molecule has 2 fully saturated rings. The Morgan fingerprint density at radius 1 is 1.35 bits per heavy atom. The van der Waals surface area contributed by atoms with E-state index in [1.165, 1.54) is 0 Å². The van der Waals surface area contributed by atoms with Gasteiger partial charge in [0.1, 0.15) is 5.60 Å². The smallest absolute Gasteiger partial charge is 0.308 e. The molecule has 1 N–H and O–H groups in total. The number of hydrogen-bond donors (Lipinski definition) is 1. The minimum atomic E-state index is -0.530. The zero-order valence-electron chi connectivity index (χ0n) is 12.4. The van der Waals surface area contributed by atoms with Gasteiger partial charge in [0.25, 0.3) is 0 Å². The van der Waals surface area contributed by atoms with Gasteiger partial charge in [-0.25, -0.2) is 0 Å². The number of ether oxygens (including phenoxy) is 1. The molecule has 0 radical (unpaired) electrons. The second kappa shape index (κ2) is 5.51. The Hall–Kier alpha value is -0.830. The highest BCUT2D eigenvalue weighted by Gasteiger charge is 2.41. The van der Waals surface area contributed by atoms with E-state index in [0.29, 0.717) is 11.8 Å². The molecule has 0 amide bonds. The van der Waals surface area contributed by atoms with Crippen LogP contribution in [0, 0.1) is 17.8 Å². The van der Waals surface area contributed by atoms with Crippen LogP contribution in [-0.4, -0.2) is 22.8 Å². The lowest BCUT2D eigenvalue weighted by Crippen LogP contribution is -2.34. The van der Waals surface area contributed by atoms with Crippen LogP contribution in [0.2, 0.25) is 0 Å².